The lowest BCUT2D eigenvalue weighted by Crippen LogP contribution is -1.47. The molecule has 0 saturated carbocycles. The Bertz CT molecular complexity index is 85.8. The number of rotatable bonds is 0. The van der Waals surface area contributed by atoms with Crippen molar-refractivity contribution in [2.45, 2.75) is 0 Å². The van der Waals surface area contributed by atoms with Crippen LogP contribution in [-0.2, 0) is 0 Å². The molecule has 0 aliphatic heterocycles. The van der Waals surface area contributed by atoms with E-state index in [1.165, 1.54) is 20.5 Å². The van der Waals surface area contributed by atoms with E-state index < -0.39 is 0 Å². The third-order valence-corrected chi connectivity index (χ3v) is 3.61. The van der Waals surface area contributed by atoms with Crippen molar-refractivity contribution in [1.82, 2.24) is 0 Å². The van der Waals surface area contributed by atoms with E-state index in [9.17, 15) is 0 Å². The quantitative estimate of drug-likeness (QED) is 0.278. The van der Waals surface area contributed by atoms with Gasteiger partial charge in [-0.25, -0.2) is 0 Å². The standard InChI is InChI=1S/C3H6Si.C2H8Si2/c1-2-3-4;3-1-2-4/h3H,1H2,4H3;1-2H,3-4H3. The molecule has 46 valence electrons. The van der Waals surface area contributed by atoms with E-state index in [-0.39, 0.29) is 0 Å². The SMILES string of the molecule is C=C=C[SiH3].[SiH3]C=C[SiH3]. The van der Waals surface area contributed by atoms with E-state index in [2.05, 4.69) is 23.7 Å². The molecule has 0 amide bonds. The Labute approximate surface area is 60.6 Å². The summed E-state index contributed by atoms with van der Waals surface area (Å²) >= 11 is 0. The van der Waals surface area contributed by atoms with Crippen molar-refractivity contribution >= 4 is 30.7 Å². The van der Waals surface area contributed by atoms with Gasteiger partial charge in [0.05, 0.1) is 0 Å². The Balaban J connectivity index is 0. The van der Waals surface area contributed by atoms with Crippen molar-refractivity contribution < 1.29 is 0 Å². The zero-order valence-corrected chi connectivity index (χ0v) is 11.9. The lowest BCUT2D eigenvalue weighted by Gasteiger charge is -1.48. The first-order valence-electron chi connectivity index (χ1n) is 2.71. The molecule has 0 aliphatic rings. The van der Waals surface area contributed by atoms with Crippen molar-refractivity contribution in [3.05, 3.63) is 29.4 Å². The summed E-state index contributed by atoms with van der Waals surface area (Å²) in [5, 5.41) is 0. The van der Waals surface area contributed by atoms with Gasteiger partial charge in [0.1, 0.15) is 0 Å². The fraction of sp³-hybridized carbons (Fsp3) is 0. The maximum absolute atomic E-state index is 3.33. The summed E-state index contributed by atoms with van der Waals surface area (Å²) < 4.78 is 0. The largest absolute Gasteiger partial charge is 0.138 e. The van der Waals surface area contributed by atoms with Gasteiger partial charge in [0.2, 0.25) is 0 Å². The molecule has 0 radical (unpaired) electrons. The summed E-state index contributed by atoms with van der Waals surface area (Å²) in [5.74, 6) is 0. The van der Waals surface area contributed by atoms with Crippen LogP contribution >= 0.6 is 0 Å². The van der Waals surface area contributed by atoms with Crippen LogP contribution in [0.4, 0.5) is 0 Å². The van der Waals surface area contributed by atoms with Gasteiger partial charge in [-0.05, 0) is 0 Å². The third-order valence-electron chi connectivity index (χ3n) is 0.537. The summed E-state index contributed by atoms with van der Waals surface area (Å²) in [6.45, 7) is 3.33. The minimum Gasteiger partial charge on any atom is -0.138 e. The van der Waals surface area contributed by atoms with Crippen LogP contribution in [0.5, 0.6) is 0 Å². The fourth-order valence-electron chi connectivity index (χ4n) is 0. The second-order valence-electron chi connectivity index (χ2n) is 1.16. The average Bonchev–Trinajstić information content (AvgIpc) is 1.88. The minimum atomic E-state index is 1.09. The lowest BCUT2D eigenvalue weighted by atomic mass is 11.0. The summed E-state index contributed by atoms with van der Waals surface area (Å²) in [6.07, 6.45) is 0. The molecule has 0 nitrogen and oxygen atoms in total. The molecule has 0 saturated heterocycles. The molecule has 0 N–H and O–H groups in total. The van der Waals surface area contributed by atoms with Gasteiger partial charge in [0.15, 0.2) is 0 Å². The predicted molar refractivity (Wildman–Crippen MR) is 52.7 cm³/mol. The van der Waals surface area contributed by atoms with E-state index in [1.807, 2.05) is 5.70 Å². The molecule has 0 aromatic carbocycles. The number of hydrogen-bond acceptors (Lipinski definition) is 0. The molecule has 0 unspecified atom stereocenters. The third kappa shape index (κ3) is 39.0. The topological polar surface area (TPSA) is 0 Å². The van der Waals surface area contributed by atoms with Crippen LogP contribution in [-0.4, -0.2) is 30.7 Å². The van der Waals surface area contributed by atoms with Crippen LogP contribution in [0.1, 0.15) is 0 Å². The highest BCUT2D eigenvalue weighted by Gasteiger charge is 1.35. The van der Waals surface area contributed by atoms with Crippen LogP contribution in [0.3, 0.4) is 0 Å². The molecule has 0 heterocycles. The Morgan fingerprint density at radius 1 is 1.12 bits per heavy atom. The van der Waals surface area contributed by atoms with Gasteiger partial charge >= 0.3 is 0 Å². The summed E-state index contributed by atoms with van der Waals surface area (Å²) in [5.41, 5.74) is 8.92. The van der Waals surface area contributed by atoms with Gasteiger partial charge in [0, 0.05) is 30.7 Å². The lowest BCUT2D eigenvalue weighted by molar-refractivity contribution is 2.42. The minimum absolute atomic E-state index is 1.09. The van der Waals surface area contributed by atoms with Crippen LogP contribution < -0.4 is 0 Å². The zero-order chi connectivity index (χ0) is 6.83. The second kappa shape index (κ2) is 15.8. The highest BCUT2D eigenvalue weighted by molar-refractivity contribution is 6.25. The van der Waals surface area contributed by atoms with E-state index in [0.717, 1.165) is 10.2 Å². The molecule has 0 rings (SSSR count). The first-order valence-corrected chi connectivity index (χ1v) is 6.17. The van der Waals surface area contributed by atoms with Gasteiger partial charge in [-0.2, -0.15) is 0 Å². The van der Waals surface area contributed by atoms with Crippen molar-refractivity contribution in [2.75, 3.05) is 0 Å². The summed E-state index contributed by atoms with van der Waals surface area (Å²) in [4.78, 5) is 0. The van der Waals surface area contributed by atoms with Crippen molar-refractivity contribution in [3.8, 4) is 0 Å². The zero-order valence-electron chi connectivity index (χ0n) is 5.94. The summed E-state index contributed by atoms with van der Waals surface area (Å²) in [7, 11) is 3.58. The van der Waals surface area contributed by atoms with Gasteiger partial charge in [-0.15, -0.1) is 17.1 Å². The number of hydrogen-bond donors (Lipinski definition) is 0. The van der Waals surface area contributed by atoms with Gasteiger partial charge in [-0.1, -0.05) is 12.3 Å². The van der Waals surface area contributed by atoms with Crippen LogP contribution in [0, 0.1) is 0 Å². The van der Waals surface area contributed by atoms with Gasteiger partial charge in [0.25, 0.3) is 0 Å². The fourth-order valence-corrected chi connectivity index (χ4v) is 0. The molecule has 0 aromatic rings. The Morgan fingerprint density at radius 2 is 1.38 bits per heavy atom. The Kier molecular flexibility index (Phi) is 21.3. The molecule has 0 aliphatic carbocycles. The van der Waals surface area contributed by atoms with Crippen molar-refractivity contribution in [1.29, 1.82) is 0 Å². The Morgan fingerprint density at radius 3 is 1.38 bits per heavy atom. The first-order chi connectivity index (χ1) is 3.83. The Hall–Kier alpha value is -0.0894. The van der Waals surface area contributed by atoms with E-state index in [0.29, 0.717) is 0 Å². The molecule has 0 fully saturated rings. The van der Waals surface area contributed by atoms with Gasteiger partial charge in [-0.3, -0.25) is 0 Å². The predicted octanol–water partition coefficient (Wildman–Crippen LogP) is -2.16. The van der Waals surface area contributed by atoms with E-state index in [4.69, 9.17) is 0 Å². The molecule has 0 spiro atoms. The molecular formula is C5H14Si3. The highest BCUT2D eigenvalue weighted by Crippen LogP contribution is 1.42. The van der Waals surface area contributed by atoms with Crippen LogP contribution in [0.25, 0.3) is 0 Å². The maximum Gasteiger partial charge on any atom is 0.0390 e. The van der Waals surface area contributed by atoms with Crippen molar-refractivity contribution in [3.63, 3.8) is 0 Å². The molecular weight excluding hydrogens is 144 g/mol. The van der Waals surface area contributed by atoms with Gasteiger partial charge < -0.3 is 0 Å². The molecule has 0 bridgehead atoms. The molecule has 3 heteroatoms. The molecule has 8 heavy (non-hydrogen) atoms. The van der Waals surface area contributed by atoms with E-state index >= 15 is 0 Å². The van der Waals surface area contributed by atoms with Crippen LogP contribution in [0.15, 0.2) is 29.4 Å². The smallest absolute Gasteiger partial charge is 0.0390 e. The van der Waals surface area contributed by atoms with Crippen molar-refractivity contribution in [2.24, 2.45) is 0 Å². The van der Waals surface area contributed by atoms with Crippen LogP contribution in [0.2, 0.25) is 0 Å². The summed E-state index contributed by atoms with van der Waals surface area (Å²) in [6, 6.07) is 0. The monoisotopic (exact) mass is 158 g/mol. The highest BCUT2D eigenvalue weighted by atomic mass is 28.2. The average molecular weight is 158 g/mol. The molecule has 0 atom stereocenters. The second-order valence-corrected chi connectivity index (χ2v) is 3.07. The maximum atomic E-state index is 3.33. The normalized spacial score (nSPS) is 8.00. The first kappa shape index (κ1) is 10.8. The van der Waals surface area contributed by atoms with E-state index in [1.54, 1.807) is 0 Å². The molecule has 0 aromatic heterocycles.